The molecule has 3 fully saturated rings. The standard InChI is InChI=1S/C22H32N4O3/c1-15-18(13-20(27)25-9-3-4-10-25)16(2)24-21(23-15)17-7-5-11-26(14-17)22(28)19-8-6-12-29-19/h17,19H,3-14H2,1-2H3. The maximum absolute atomic E-state index is 12.7. The molecule has 2 unspecified atom stereocenters. The first-order valence-corrected chi connectivity index (χ1v) is 11.0. The molecule has 3 aliphatic rings. The number of amides is 2. The molecule has 2 atom stereocenters. The summed E-state index contributed by atoms with van der Waals surface area (Å²) in [4.78, 5) is 38.7. The minimum Gasteiger partial charge on any atom is -0.368 e. The molecule has 29 heavy (non-hydrogen) atoms. The van der Waals surface area contributed by atoms with Gasteiger partial charge in [0, 0.05) is 55.7 Å². The van der Waals surface area contributed by atoms with E-state index in [1.807, 2.05) is 23.6 Å². The van der Waals surface area contributed by atoms with Crippen LogP contribution >= 0.6 is 0 Å². The first kappa shape index (κ1) is 20.3. The van der Waals surface area contributed by atoms with Crippen LogP contribution in [0.4, 0.5) is 0 Å². The van der Waals surface area contributed by atoms with E-state index in [0.29, 0.717) is 19.6 Å². The average Bonchev–Trinajstić information content (AvgIpc) is 3.44. The second-order valence-electron chi connectivity index (χ2n) is 8.62. The van der Waals surface area contributed by atoms with Crippen molar-refractivity contribution in [2.24, 2.45) is 0 Å². The number of nitrogens with zero attached hydrogens (tertiary/aromatic N) is 4. The van der Waals surface area contributed by atoms with Gasteiger partial charge in [0.2, 0.25) is 5.91 Å². The Labute approximate surface area is 172 Å². The number of carbonyl (C=O) groups excluding carboxylic acids is 2. The van der Waals surface area contributed by atoms with Gasteiger partial charge in [0.15, 0.2) is 0 Å². The van der Waals surface area contributed by atoms with E-state index in [1.165, 1.54) is 0 Å². The van der Waals surface area contributed by atoms with Crippen molar-refractivity contribution in [3.63, 3.8) is 0 Å². The molecule has 4 rings (SSSR count). The minimum absolute atomic E-state index is 0.119. The molecule has 0 aromatic carbocycles. The van der Waals surface area contributed by atoms with Crippen molar-refractivity contribution in [2.75, 3.05) is 32.8 Å². The topological polar surface area (TPSA) is 75.6 Å². The van der Waals surface area contributed by atoms with Crippen LogP contribution < -0.4 is 0 Å². The third-order valence-electron chi connectivity index (χ3n) is 6.53. The molecular formula is C22H32N4O3. The Kier molecular flexibility index (Phi) is 6.13. The Hall–Kier alpha value is -2.02. The van der Waals surface area contributed by atoms with E-state index in [9.17, 15) is 9.59 Å². The number of piperidine rings is 1. The van der Waals surface area contributed by atoms with Crippen LogP contribution in [0, 0.1) is 13.8 Å². The van der Waals surface area contributed by atoms with Crippen LogP contribution in [-0.4, -0.2) is 70.5 Å². The number of rotatable bonds is 4. The second-order valence-corrected chi connectivity index (χ2v) is 8.62. The van der Waals surface area contributed by atoms with Gasteiger partial charge in [-0.2, -0.15) is 0 Å². The molecule has 0 aliphatic carbocycles. The molecule has 3 aliphatic heterocycles. The zero-order valence-electron chi connectivity index (χ0n) is 17.7. The zero-order chi connectivity index (χ0) is 20.4. The van der Waals surface area contributed by atoms with Crippen LogP contribution in [0.5, 0.6) is 0 Å². The summed E-state index contributed by atoms with van der Waals surface area (Å²) >= 11 is 0. The zero-order valence-corrected chi connectivity index (χ0v) is 17.7. The van der Waals surface area contributed by atoms with Crippen LogP contribution in [0.1, 0.15) is 67.2 Å². The lowest BCUT2D eigenvalue weighted by molar-refractivity contribution is -0.142. The molecule has 158 valence electrons. The lowest BCUT2D eigenvalue weighted by atomic mass is 9.95. The lowest BCUT2D eigenvalue weighted by Crippen LogP contribution is -2.44. The summed E-state index contributed by atoms with van der Waals surface area (Å²) in [7, 11) is 0. The number of carbonyl (C=O) groups is 2. The Morgan fingerprint density at radius 1 is 0.966 bits per heavy atom. The van der Waals surface area contributed by atoms with E-state index < -0.39 is 0 Å². The normalized spacial score (nSPS) is 24.9. The molecule has 0 spiro atoms. The Balaban J connectivity index is 1.45. The predicted octanol–water partition coefficient (Wildman–Crippen LogP) is 2.14. The monoisotopic (exact) mass is 400 g/mol. The summed E-state index contributed by atoms with van der Waals surface area (Å²) in [6.07, 6.45) is 6.05. The van der Waals surface area contributed by atoms with Crippen molar-refractivity contribution in [1.29, 1.82) is 0 Å². The van der Waals surface area contributed by atoms with E-state index >= 15 is 0 Å². The second kappa shape index (κ2) is 8.78. The van der Waals surface area contributed by atoms with Crippen molar-refractivity contribution in [1.82, 2.24) is 19.8 Å². The number of ether oxygens (including phenoxy) is 1. The van der Waals surface area contributed by atoms with Gasteiger partial charge in [0.1, 0.15) is 11.9 Å². The van der Waals surface area contributed by atoms with Gasteiger partial charge in [-0.15, -0.1) is 0 Å². The summed E-state index contributed by atoms with van der Waals surface area (Å²) in [5.74, 6) is 1.25. The molecule has 2 amide bonds. The predicted molar refractivity (Wildman–Crippen MR) is 109 cm³/mol. The van der Waals surface area contributed by atoms with E-state index in [-0.39, 0.29) is 23.8 Å². The summed E-state index contributed by atoms with van der Waals surface area (Å²) in [6, 6.07) is 0. The molecule has 1 aromatic rings. The number of aromatic nitrogens is 2. The van der Waals surface area contributed by atoms with Gasteiger partial charge >= 0.3 is 0 Å². The highest BCUT2D eigenvalue weighted by Gasteiger charge is 2.33. The van der Waals surface area contributed by atoms with Gasteiger partial charge in [0.25, 0.3) is 5.91 Å². The number of likely N-dealkylation sites (tertiary alicyclic amines) is 2. The summed E-state index contributed by atoms with van der Waals surface area (Å²) in [5.41, 5.74) is 2.74. The molecule has 0 bridgehead atoms. The van der Waals surface area contributed by atoms with Crippen molar-refractivity contribution in [2.45, 2.75) is 70.8 Å². The van der Waals surface area contributed by atoms with Crippen LogP contribution in [0.15, 0.2) is 0 Å². The first-order chi connectivity index (χ1) is 14.0. The lowest BCUT2D eigenvalue weighted by Gasteiger charge is -2.33. The molecule has 1 aromatic heterocycles. The largest absolute Gasteiger partial charge is 0.368 e. The number of hydrogen-bond acceptors (Lipinski definition) is 5. The molecule has 3 saturated heterocycles. The van der Waals surface area contributed by atoms with E-state index in [1.54, 1.807) is 0 Å². The SMILES string of the molecule is Cc1nc(C2CCCN(C(=O)C3CCCO3)C2)nc(C)c1CC(=O)N1CCCC1. The van der Waals surface area contributed by atoms with Crippen molar-refractivity contribution in [3.05, 3.63) is 22.8 Å². The molecular weight excluding hydrogens is 368 g/mol. The van der Waals surface area contributed by atoms with Crippen molar-refractivity contribution >= 4 is 11.8 Å². The Bertz CT molecular complexity index is 746. The fraction of sp³-hybridized carbons (Fsp3) is 0.727. The Morgan fingerprint density at radius 3 is 2.31 bits per heavy atom. The molecule has 7 heteroatoms. The number of hydrogen-bond donors (Lipinski definition) is 0. The average molecular weight is 401 g/mol. The van der Waals surface area contributed by atoms with Crippen molar-refractivity contribution in [3.8, 4) is 0 Å². The maximum atomic E-state index is 12.7. The van der Waals surface area contributed by atoms with Gasteiger partial charge in [-0.3, -0.25) is 9.59 Å². The highest BCUT2D eigenvalue weighted by Crippen LogP contribution is 2.28. The number of aryl methyl sites for hydroxylation is 2. The highest BCUT2D eigenvalue weighted by molar-refractivity contribution is 5.81. The van der Waals surface area contributed by atoms with Crippen LogP contribution in [0.2, 0.25) is 0 Å². The summed E-state index contributed by atoms with van der Waals surface area (Å²) < 4.78 is 5.58. The van der Waals surface area contributed by atoms with E-state index in [2.05, 4.69) is 0 Å². The van der Waals surface area contributed by atoms with Gasteiger partial charge in [-0.05, 0) is 52.4 Å². The molecule has 0 saturated carbocycles. The minimum atomic E-state index is -0.267. The smallest absolute Gasteiger partial charge is 0.251 e. The van der Waals surface area contributed by atoms with Crippen LogP contribution in [0.25, 0.3) is 0 Å². The fourth-order valence-corrected chi connectivity index (χ4v) is 4.80. The molecule has 7 nitrogen and oxygen atoms in total. The third kappa shape index (κ3) is 4.44. The van der Waals surface area contributed by atoms with Gasteiger partial charge in [-0.25, -0.2) is 9.97 Å². The van der Waals surface area contributed by atoms with E-state index in [0.717, 1.165) is 80.9 Å². The van der Waals surface area contributed by atoms with Gasteiger partial charge in [0.05, 0.1) is 6.42 Å². The summed E-state index contributed by atoms with van der Waals surface area (Å²) in [6.45, 7) is 7.82. The molecule has 0 radical (unpaired) electrons. The summed E-state index contributed by atoms with van der Waals surface area (Å²) in [5, 5.41) is 0. The molecule has 4 heterocycles. The van der Waals surface area contributed by atoms with Crippen molar-refractivity contribution < 1.29 is 14.3 Å². The third-order valence-corrected chi connectivity index (χ3v) is 6.53. The van der Waals surface area contributed by atoms with Crippen LogP contribution in [0.3, 0.4) is 0 Å². The highest BCUT2D eigenvalue weighted by atomic mass is 16.5. The maximum Gasteiger partial charge on any atom is 0.251 e. The van der Waals surface area contributed by atoms with E-state index in [4.69, 9.17) is 14.7 Å². The first-order valence-electron chi connectivity index (χ1n) is 11.0. The molecule has 0 N–H and O–H groups in total. The Morgan fingerprint density at radius 2 is 1.66 bits per heavy atom. The van der Waals surface area contributed by atoms with Gasteiger partial charge in [-0.1, -0.05) is 0 Å². The fourth-order valence-electron chi connectivity index (χ4n) is 4.80. The quantitative estimate of drug-likeness (QED) is 0.774. The van der Waals surface area contributed by atoms with Crippen LogP contribution in [-0.2, 0) is 20.7 Å². The van der Waals surface area contributed by atoms with Gasteiger partial charge < -0.3 is 14.5 Å².